The van der Waals surface area contributed by atoms with Gasteiger partial charge in [0, 0.05) is 24.8 Å². The largest absolute Gasteiger partial charge is 0.377 e. The molecule has 1 aromatic carbocycles. The lowest BCUT2D eigenvalue weighted by molar-refractivity contribution is -0.384. The number of hydrogen-bond acceptors (Lipinski definition) is 6. The van der Waals surface area contributed by atoms with Gasteiger partial charge in [-0.05, 0) is 12.1 Å². The number of non-ortho nitro benzene ring substituents is 1. The molecule has 0 atom stereocenters. The van der Waals surface area contributed by atoms with Crippen LogP contribution in [-0.2, 0) is 11.3 Å². The van der Waals surface area contributed by atoms with Gasteiger partial charge in [-0.2, -0.15) is 4.98 Å². The van der Waals surface area contributed by atoms with Crippen molar-refractivity contribution < 1.29 is 14.2 Å². The summed E-state index contributed by atoms with van der Waals surface area (Å²) in [6, 6.07) is 5.88. The Morgan fingerprint density at radius 1 is 1.41 bits per heavy atom. The minimum Gasteiger partial charge on any atom is -0.377 e. The van der Waals surface area contributed by atoms with Gasteiger partial charge in [-0.1, -0.05) is 5.16 Å². The molecule has 2 rings (SSSR count). The molecule has 17 heavy (non-hydrogen) atoms. The summed E-state index contributed by atoms with van der Waals surface area (Å²) in [6.07, 6.45) is 0. The van der Waals surface area contributed by atoms with Gasteiger partial charge >= 0.3 is 0 Å². The van der Waals surface area contributed by atoms with E-state index in [1.54, 1.807) is 12.1 Å². The summed E-state index contributed by atoms with van der Waals surface area (Å²) in [6.45, 7) is 0.260. The summed E-state index contributed by atoms with van der Waals surface area (Å²) < 4.78 is 9.85. The highest BCUT2D eigenvalue weighted by Crippen LogP contribution is 2.20. The van der Waals surface area contributed by atoms with E-state index in [9.17, 15) is 10.1 Å². The second-order valence-electron chi connectivity index (χ2n) is 3.25. The summed E-state index contributed by atoms with van der Waals surface area (Å²) in [7, 11) is 1.53. The number of hydrogen-bond donors (Lipinski definition) is 0. The van der Waals surface area contributed by atoms with E-state index in [4.69, 9.17) is 9.26 Å². The van der Waals surface area contributed by atoms with Crippen molar-refractivity contribution in [1.29, 1.82) is 0 Å². The van der Waals surface area contributed by atoms with Crippen LogP contribution in [-0.4, -0.2) is 22.2 Å². The molecule has 1 heterocycles. The topological polar surface area (TPSA) is 91.3 Å². The first-order chi connectivity index (χ1) is 8.20. The highest BCUT2D eigenvalue weighted by molar-refractivity contribution is 5.55. The van der Waals surface area contributed by atoms with E-state index >= 15 is 0 Å². The van der Waals surface area contributed by atoms with Gasteiger partial charge in [0.15, 0.2) is 5.82 Å². The third-order valence-electron chi connectivity index (χ3n) is 2.07. The van der Waals surface area contributed by atoms with Gasteiger partial charge < -0.3 is 9.26 Å². The van der Waals surface area contributed by atoms with Crippen molar-refractivity contribution in [3.8, 4) is 11.5 Å². The normalized spacial score (nSPS) is 10.4. The van der Waals surface area contributed by atoms with Gasteiger partial charge in [0.25, 0.3) is 11.6 Å². The van der Waals surface area contributed by atoms with Crippen LogP contribution in [0.4, 0.5) is 5.69 Å². The van der Waals surface area contributed by atoms with Crippen molar-refractivity contribution in [3.63, 3.8) is 0 Å². The standard InChI is InChI=1S/C10H9N3O4/c1-16-6-9-11-10(17-12-9)7-2-4-8(5-3-7)13(14)15/h2-5H,6H2,1H3. The van der Waals surface area contributed by atoms with E-state index in [0.29, 0.717) is 17.3 Å². The molecule has 0 N–H and O–H groups in total. The second-order valence-corrected chi connectivity index (χ2v) is 3.25. The van der Waals surface area contributed by atoms with Crippen molar-refractivity contribution in [2.75, 3.05) is 7.11 Å². The molecule has 7 nitrogen and oxygen atoms in total. The zero-order valence-electron chi connectivity index (χ0n) is 8.99. The van der Waals surface area contributed by atoms with E-state index in [1.165, 1.54) is 19.2 Å². The van der Waals surface area contributed by atoms with Crippen molar-refractivity contribution in [2.45, 2.75) is 6.61 Å². The highest BCUT2D eigenvalue weighted by atomic mass is 16.6. The molecule has 0 bridgehead atoms. The average Bonchev–Trinajstić information content (AvgIpc) is 2.78. The fourth-order valence-electron chi connectivity index (χ4n) is 1.28. The third kappa shape index (κ3) is 2.45. The quantitative estimate of drug-likeness (QED) is 0.592. The monoisotopic (exact) mass is 235 g/mol. The Hall–Kier alpha value is -2.28. The first kappa shape index (κ1) is 11.2. The number of ether oxygens (including phenoxy) is 1. The zero-order valence-corrected chi connectivity index (χ0v) is 8.99. The maximum Gasteiger partial charge on any atom is 0.269 e. The second kappa shape index (κ2) is 4.71. The smallest absolute Gasteiger partial charge is 0.269 e. The van der Waals surface area contributed by atoms with Gasteiger partial charge in [0.2, 0.25) is 0 Å². The third-order valence-corrected chi connectivity index (χ3v) is 2.07. The molecule has 7 heteroatoms. The molecule has 0 aliphatic carbocycles. The Bertz CT molecular complexity index is 521. The number of nitro benzene ring substituents is 1. The lowest BCUT2D eigenvalue weighted by atomic mass is 10.2. The molecule has 0 radical (unpaired) electrons. The summed E-state index contributed by atoms with van der Waals surface area (Å²) >= 11 is 0. The first-order valence-electron chi connectivity index (χ1n) is 4.77. The van der Waals surface area contributed by atoms with E-state index in [-0.39, 0.29) is 12.3 Å². The highest BCUT2D eigenvalue weighted by Gasteiger charge is 2.10. The van der Waals surface area contributed by atoms with Crippen LogP contribution in [0.2, 0.25) is 0 Å². The summed E-state index contributed by atoms with van der Waals surface area (Å²) in [5.41, 5.74) is 0.649. The number of benzene rings is 1. The van der Waals surface area contributed by atoms with E-state index in [2.05, 4.69) is 10.1 Å². The van der Waals surface area contributed by atoms with Crippen molar-refractivity contribution in [1.82, 2.24) is 10.1 Å². The minimum atomic E-state index is -0.464. The van der Waals surface area contributed by atoms with Crippen LogP contribution in [0.15, 0.2) is 28.8 Å². The van der Waals surface area contributed by atoms with Crippen LogP contribution >= 0.6 is 0 Å². The Labute approximate surface area is 96.2 Å². The van der Waals surface area contributed by atoms with E-state index in [0.717, 1.165) is 0 Å². The van der Waals surface area contributed by atoms with Gasteiger partial charge in [-0.15, -0.1) is 0 Å². The molecular weight excluding hydrogens is 226 g/mol. The number of nitrogens with zero attached hydrogens (tertiary/aromatic N) is 3. The predicted octanol–water partition coefficient (Wildman–Crippen LogP) is 1.79. The number of nitro groups is 1. The fraction of sp³-hybridized carbons (Fsp3) is 0.200. The average molecular weight is 235 g/mol. The molecule has 0 unspecified atom stereocenters. The van der Waals surface area contributed by atoms with Gasteiger partial charge in [0.1, 0.15) is 6.61 Å². The van der Waals surface area contributed by atoms with Gasteiger partial charge in [-0.25, -0.2) is 0 Å². The SMILES string of the molecule is COCc1noc(-c2ccc([N+](=O)[O-])cc2)n1. The summed E-state index contributed by atoms with van der Waals surface area (Å²) in [5.74, 6) is 0.743. The minimum absolute atomic E-state index is 0.0189. The molecule has 0 fully saturated rings. The predicted molar refractivity (Wildman–Crippen MR) is 57.1 cm³/mol. The molecule has 0 saturated carbocycles. The van der Waals surface area contributed by atoms with Crippen molar-refractivity contribution >= 4 is 5.69 Å². The molecule has 0 saturated heterocycles. The maximum atomic E-state index is 10.5. The van der Waals surface area contributed by atoms with Crippen molar-refractivity contribution in [2.24, 2.45) is 0 Å². The van der Waals surface area contributed by atoms with Gasteiger partial charge in [0.05, 0.1) is 4.92 Å². The summed E-state index contributed by atoms with van der Waals surface area (Å²) in [4.78, 5) is 14.1. The van der Waals surface area contributed by atoms with Crippen LogP contribution in [0, 0.1) is 10.1 Å². The summed E-state index contributed by atoms with van der Waals surface area (Å²) in [5, 5.41) is 14.2. The molecule has 2 aromatic rings. The van der Waals surface area contributed by atoms with Crippen LogP contribution in [0.3, 0.4) is 0 Å². The molecule has 0 spiro atoms. The Morgan fingerprint density at radius 2 is 2.12 bits per heavy atom. The van der Waals surface area contributed by atoms with Crippen LogP contribution in [0.1, 0.15) is 5.82 Å². The number of rotatable bonds is 4. The molecule has 0 amide bonds. The first-order valence-corrected chi connectivity index (χ1v) is 4.77. The Morgan fingerprint density at radius 3 is 2.71 bits per heavy atom. The number of aromatic nitrogens is 2. The molecule has 1 aromatic heterocycles. The fourth-order valence-corrected chi connectivity index (χ4v) is 1.28. The maximum absolute atomic E-state index is 10.5. The molecule has 88 valence electrons. The number of methoxy groups -OCH3 is 1. The Balaban J connectivity index is 2.23. The van der Waals surface area contributed by atoms with Crippen LogP contribution in [0.25, 0.3) is 11.5 Å². The van der Waals surface area contributed by atoms with E-state index in [1.807, 2.05) is 0 Å². The lowest BCUT2D eigenvalue weighted by Gasteiger charge is -1.93. The van der Waals surface area contributed by atoms with Crippen LogP contribution < -0.4 is 0 Å². The lowest BCUT2D eigenvalue weighted by Crippen LogP contribution is -1.89. The van der Waals surface area contributed by atoms with E-state index < -0.39 is 4.92 Å². The zero-order chi connectivity index (χ0) is 12.3. The Kier molecular flexibility index (Phi) is 3.10. The van der Waals surface area contributed by atoms with Crippen molar-refractivity contribution in [3.05, 3.63) is 40.2 Å². The van der Waals surface area contributed by atoms with Gasteiger partial charge in [-0.3, -0.25) is 10.1 Å². The molecular formula is C10H9N3O4. The van der Waals surface area contributed by atoms with Crippen LogP contribution in [0.5, 0.6) is 0 Å². The molecule has 0 aliphatic heterocycles. The molecule has 0 aliphatic rings.